The van der Waals surface area contributed by atoms with Crippen molar-refractivity contribution in [2.75, 3.05) is 45.3 Å². The van der Waals surface area contributed by atoms with Gasteiger partial charge in [-0.1, -0.05) is 79.7 Å². The molecule has 12 unspecified atom stereocenters. The topological polar surface area (TPSA) is 110 Å². The zero-order chi connectivity index (χ0) is 54.6. The van der Waals surface area contributed by atoms with Gasteiger partial charge in [-0.25, -0.2) is 12.5 Å². The molecule has 0 radical (unpaired) electrons. The second-order valence-electron chi connectivity index (χ2n) is 27.9. The van der Waals surface area contributed by atoms with Gasteiger partial charge in [0.1, 0.15) is 7.77 Å². The molecule has 412 valence electrons. The van der Waals surface area contributed by atoms with Crippen molar-refractivity contribution < 1.29 is 29.7 Å². The molecule has 0 aromatic carbocycles. The van der Waals surface area contributed by atoms with E-state index in [-0.39, 0.29) is 6.52 Å². The minimum absolute atomic E-state index is 0.222. The molecule has 15 aliphatic rings. The second-order valence-corrected chi connectivity index (χ2v) is 29.2. The number of hydrogen-bond donors (Lipinski definition) is 6. The highest BCUT2D eigenvalue weighted by atomic mass is 32.2. The predicted octanol–water partition coefficient (Wildman–Crippen LogP) is 10.4. The Bertz CT molecular complexity index is 2190. The van der Waals surface area contributed by atoms with Crippen molar-refractivity contribution in [2.45, 2.75) is 103 Å². The van der Waals surface area contributed by atoms with Gasteiger partial charge in [-0.3, -0.25) is 0 Å². The summed E-state index contributed by atoms with van der Waals surface area (Å²) < 4.78 is 34.2. The third-order valence-electron chi connectivity index (χ3n) is 25.4. The SMILES string of the molecule is OCC1[C@H](C2CCC([C@@H]3C(CO)[C@H]4C=C[C@@H]3C4)C2)[C@H]2C=C[C@@H]1C2.[2H]B(C)S.[2H]B([3H])CSOCC1[C@@H](C2CCC([C@H]3C(CO)[C@@H]4C=C[C@H]3C4)C2)[C@@H]2C=C[C@H]1C2.[3H]OCC1[C@H](C2CCC([C@@H]3C(CO)[C@H]4C=C[C@@H]3C4)C2)[C@H]2C=C[C@@H]1C2. The fourth-order valence-corrected chi connectivity index (χ4v) is 23.2. The Morgan fingerprint density at radius 1 is 0.467 bits per heavy atom. The van der Waals surface area contributed by atoms with Crippen molar-refractivity contribution >= 4 is 38.8 Å². The highest BCUT2D eigenvalue weighted by Gasteiger charge is 2.57. The van der Waals surface area contributed by atoms with Crippen LogP contribution in [0.25, 0.3) is 0 Å². The van der Waals surface area contributed by atoms with Crippen LogP contribution in [0.4, 0.5) is 0 Å². The average Bonchev–Trinajstić information content (AvgIpc) is 4.48. The molecule has 10 heteroatoms. The van der Waals surface area contributed by atoms with Gasteiger partial charge in [-0.2, -0.15) is 0 Å². The van der Waals surface area contributed by atoms with Crippen LogP contribution in [0, 0.1) is 178 Å². The summed E-state index contributed by atoms with van der Waals surface area (Å²) in [6.45, 7) is 4.39. The molecule has 5 N–H and O–H groups in total. The van der Waals surface area contributed by atoms with Gasteiger partial charge in [0, 0.05) is 33.0 Å². The molecule has 9 fully saturated rings. The Morgan fingerprint density at radius 3 is 0.960 bits per heavy atom. The average molecular weight is 1070 g/mol. The fraction of sp³-hybridized carbons (Fsp3) is 0.815. The largest absolute Gasteiger partial charge is 0.396 e. The summed E-state index contributed by atoms with van der Waals surface area (Å²) >= 11 is 4.95. The molecule has 0 saturated heterocycles. The monoisotopic (exact) mass is 1070 g/mol. The Morgan fingerprint density at radius 2 is 0.707 bits per heavy atom. The number of thiol groups is 1. The molecular formula is C65H98B2O6S2. The van der Waals surface area contributed by atoms with E-state index in [2.05, 4.69) is 85.4 Å². The highest BCUT2D eigenvalue weighted by molar-refractivity contribution is 8.06. The minimum atomic E-state index is -0.799. The molecule has 6 nitrogen and oxygen atoms in total. The first-order chi connectivity index (χ1) is 38.5. The summed E-state index contributed by atoms with van der Waals surface area (Å²) in [6, 6.07) is 0. The molecule has 0 spiro atoms. The maximum absolute atomic E-state index is 10.00. The van der Waals surface area contributed by atoms with Gasteiger partial charge in [-0.05, 0) is 296 Å². The van der Waals surface area contributed by atoms with E-state index < -0.39 is 7.77 Å². The van der Waals surface area contributed by atoms with Crippen molar-refractivity contribution in [1.29, 1.82) is 5.44 Å². The van der Waals surface area contributed by atoms with E-state index in [4.69, 9.17) is 14.7 Å². The van der Waals surface area contributed by atoms with E-state index in [1.807, 2.05) is 0 Å². The maximum atomic E-state index is 10.00. The van der Waals surface area contributed by atoms with E-state index >= 15 is 0 Å². The highest BCUT2D eigenvalue weighted by Crippen LogP contribution is 2.63. The summed E-state index contributed by atoms with van der Waals surface area (Å²) in [6.07, 6.45) is 49.0. The van der Waals surface area contributed by atoms with Crippen LogP contribution in [0.15, 0.2) is 72.9 Å². The van der Waals surface area contributed by atoms with Crippen molar-refractivity contribution in [3.8, 4) is 0 Å². The lowest BCUT2D eigenvalue weighted by molar-refractivity contribution is 0.107. The van der Waals surface area contributed by atoms with Crippen molar-refractivity contribution in [3.63, 3.8) is 0 Å². The van der Waals surface area contributed by atoms with Gasteiger partial charge in [0.2, 0.25) is 1.43 Å². The Balaban J connectivity index is 0.000000115. The molecule has 0 aromatic rings. The van der Waals surface area contributed by atoms with Crippen LogP contribution >= 0.6 is 24.5 Å². The summed E-state index contributed by atoms with van der Waals surface area (Å²) in [5, 5.41) is 44.5. The summed E-state index contributed by atoms with van der Waals surface area (Å²) in [7, 11) is -0.799. The lowest BCUT2D eigenvalue weighted by Crippen LogP contribution is -2.31. The third kappa shape index (κ3) is 10.1. The summed E-state index contributed by atoms with van der Waals surface area (Å²) in [5.41, 5.74) is 0.438. The molecule has 0 aliphatic heterocycles. The number of rotatable bonds is 17. The van der Waals surface area contributed by atoms with Crippen molar-refractivity contribution in [2.24, 2.45) is 178 Å². The van der Waals surface area contributed by atoms with Crippen LogP contribution in [0.2, 0.25) is 6.82 Å². The van der Waals surface area contributed by atoms with Crippen LogP contribution < -0.4 is 0 Å². The molecule has 0 aromatic heterocycles. The second kappa shape index (κ2) is 23.9. The smallest absolute Gasteiger partial charge is 0.210 e. The molecule has 30 atom stereocenters. The Hall–Kier alpha value is -0.970. The standard InChI is InChI=1S/C22H33BO2S.2C21H30O2.CH5BS/c23-12-26-25-11-20-14-2-4-16(8-14)22(20)18-6-5-17(9-18)21-15-3-1-13(7-15)19(21)10-24;2*22-10-18-12-1-3-14(7-12)20(18)16-5-6-17(9-16)21-15-4-2-13(8-15)19(21)11-23;1-2-3/h1-4,13-22,24H,5-12,23H2;2*1-4,12-23H,5-11H2;2-3H,1H3/t13-,14+,15+,16-,17?,18?,19?,20?,21+,22-;2*12-,13+,14+,15-,16?,17?,18?,19?,20+,21-;/m1.../s1/i23TD;22T;;2D/m11../s1. The van der Waals surface area contributed by atoms with Crippen LogP contribution in [0.1, 0.15) is 96.3 Å². The van der Waals surface area contributed by atoms with Crippen molar-refractivity contribution in [3.05, 3.63) is 72.9 Å². The minimum Gasteiger partial charge on any atom is -0.396 e. The van der Waals surface area contributed by atoms with Gasteiger partial charge in [0.05, 0.1) is 6.61 Å². The molecular weight excluding hydrogens is 962 g/mol. The summed E-state index contributed by atoms with van der Waals surface area (Å²) in [5.74, 6) is 21.0. The number of fused-ring (bicyclic) bond motifs is 12. The zero-order valence-electron chi connectivity index (χ0n) is 49.4. The van der Waals surface area contributed by atoms with Crippen LogP contribution in [0.5, 0.6) is 0 Å². The lowest BCUT2D eigenvalue weighted by Gasteiger charge is -2.34. The quantitative estimate of drug-likeness (QED) is 0.0283. The fourth-order valence-electron chi connectivity index (χ4n) is 22.9. The zero-order valence-corrected chi connectivity index (χ0v) is 47.1. The first-order valence-corrected chi connectivity index (χ1v) is 32.7. The van der Waals surface area contributed by atoms with Crippen LogP contribution in [-0.4, -0.2) is 90.6 Å². The van der Waals surface area contributed by atoms with Gasteiger partial charge >= 0.3 is 0 Å². The van der Waals surface area contributed by atoms with Gasteiger partial charge < -0.3 is 29.7 Å². The van der Waals surface area contributed by atoms with E-state index in [1.54, 1.807) is 6.82 Å². The first kappa shape index (κ1) is 49.8. The van der Waals surface area contributed by atoms with Gasteiger partial charge in [0.15, 0.2) is 6.52 Å². The molecule has 15 rings (SSSR count). The molecule has 12 bridgehead atoms. The maximum Gasteiger partial charge on any atom is 0.210 e. The summed E-state index contributed by atoms with van der Waals surface area (Å²) in [4.78, 5) is 0. The lowest BCUT2D eigenvalue weighted by atomic mass is 9.71. The van der Waals surface area contributed by atoms with E-state index in [0.29, 0.717) is 110 Å². The van der Waals surface area contributed by atoms with Crippen molar-refractivity contribution in [1.82, 2.24) is 0 Å². The molecule has 9 saturated carbocycles. The van der Waals surface area contributed by atoms with E-state index in [1.165, 1.54) is 108 Å². The normalized spacial score (nSPS) is 53.1. The first-order valence-electron chi connectivity index (χ1n) is 33.4. The number of allylic oxidation sites excluding steroid dienone is 12. The molecule has 15 aliphatic carbocycles. The predicted molar refractivity (Wildman–Crippen MR) is 313 cm³/mol. The number of hydrogen-bond acceptors (Lipinski definition) is 8. The molecule has 0 amide bonds. The number of aliphatic hydroxyl groups excluding tert-OH is 5. The van der Waals surface area contributed by atoms with E-state index in [9.17, 15) is 20.4 Å². The number of aliphatic hydroxyl groups is 5. The van der Waals surface area contributed by atoms with Crippen LogP contribution in [0.3, 0.4) is 0 Å². The Kier molecular flexibility index (Phi) is 15.8. The third-order valence-corrected chi connectivity index (χ3v) is 25.8. The Labute approximate surface area is 470 Å². The van der Waals surface area contributed by atoms with Gasteiger partial charge in [0.25, 0.3) is 0 Å². The van der Waals surface area contributed by atoms with Crippen LogP contribution in [-0.2, 0) is 4.18 Å². The molecule has 75 heavy (non-hydrogen) atoms. The van der Waals surface area contributed by atoms with Gasteiger partial charge in [-0.15, -0.1) is 0 Å². The van der Waals surface area contributed by atoms with E-state index in [0.717, 1.165) is 113 Å². The molecule has 0 heterocycles.